The maximum Gasteiger partial charge on any atom is 0.338 e. The van der Waals surface area contributed by atoms with E-state index in [9.17, 15) is 14.4 Å². The molecule has 2 N–H and O–H groups in total. The molecule has 0 saturated carbocycles. The van der Waals surface area contributed by atoms with Gasteiger partial charge in [-0.15, -0.1) is 0 Å². The molecule has 1 fully saturated rings. The molecule has 0 radical (unpaired) electrons. The zero-order valence-electron chi connectivity index (χ0n) is 21.1. The Kier molecular flexibility index (Phi) is 8.19. The molecule has 2 aliphatic heterocycles. The molecule has 0 spiro atoms. The topological polar surface area (TPSA) is 94.2 Å². The maximum atomic E-state index is 13.1. The normalized spacial score (nSPS) is 21.6. The highest BCUT2D eigenvalue weighted by Gasteiger charge is 2.38. The van der Waals surface area contributed by atoms with Gasteiger partial charge in [0.15, 0.2) is 0 Å². The van der Waals surface area contributed by atoms with Crippen LogP contribution in [-0.2, 0) is 9.53 Å². The third-order valence-corrected chi connectivity index (χ3v) is 6.24. The van der Waals surface area contributed by atoms with Crippen molar-refractivity contribution < 1.29 is 19.1 Å². The second-order valence-electron chi connectivity index (χ2n) is 9.31. The average Bonchev–Trinajstić information content (AvgIpc) is 2.77. The predicted molar refractivity (Wildman–Crippen MR) is 130 cm³/mol. The van der Waals surface area contributed by atoms with Crippen molar-refractivity contribution in [3.8, 4) is 0 Å². The number of likely N-dealkylation sites (N-methyl/N-ethyl adjacent to an activating group) is 1. The van der Waals surface area contributed by atoms with Crippen LogP contribution in [0, 0.1) is 6.92 Å². The van der Waals surface area contributed by atoms with E-state index >= 15 is 0 Å². The number of hydrogen-bond donors (Lipinski definition) is 2. The van der Waals surface area contributed by atoms with Gasteiger partial charge in [-0.05, 0) is 40.2 Å². The minimum absolute atomic E-state index is 0.00485. The number of piperazine rings is 1. The van der Waals surface area contributed by atoms with Crippen LogP contribution in [0.25, 0.3) is 0 Å². The third-order valence-electron chi connectivity index (χ3n) is 6.24. The predicted octanol–water partition coefficient (Wildman–Crippen LogP) is 2.63. The fourth-order valence-electron chi connectivity index (χ4n) is 4.43. The summed E-state index contributed by atoms with van der Waals surface area (Å²) in [6, 6.07) is 6.93. The molecule has 2 atom stereocenters. The van der Waals surface area contributed by atoms with Crippen molar-refractivity contribution in [1.29, 1.82) is 0 Å². The van der Waals surface area contributed by atoms with Gasteiger partial charge in [0.2, 0.25) is 0 Å². The van der Waals surface area contributed by atoms with Crippen molar-refractivity contribution in [3.63, 3.8) is 0 Å². The molecule has 2 aliphatic rings. The standard InChI is InChI=1S/C25H37N5O4/c1-7-34-23(31)21-20(15-29-12-13-30(18(5)14-29)25(33)26-16(2)3)28(6)24(32)27-22(21)19-10-8-17(4)9-11-19/h8-11,16,18,22H,7,12-15H2,1-6H3,(H,26,33)(H,27,32)/t18-,22+/m1/s1. The number of carbonyl (C=O) groups is 3. The van der Waals surface area contributed by atoms with Gasteiger partial charge in [0.1, 0.15) is 0 Å². The van der Waals surface area contributed by atoms with Gasteiger partial charge in [0, 0.05) is 51.0 Å². The molecular weight excluding hydrogens is 434 g/mol. The van der Waals surface area contributed by atoms with Crippen LogP contribution < -0.4 is 10.6 Å². The van der Waals surface area contributed by atoms with Crippen LogP contribution in [0.3, 0.4) is 0 Å². The molecular formula is C25H37N5O4. The zero-order chi connectivity index (χ0) is 25.0. The smallest absolute Gasteiger partial charge is 0.338 e. The van der Waals surface area contributed by atoms with E-state index < -0.39 is 12.0 Å². The third kappa shape index (κ3) is 5.70. The van der Waals surface area contributed by atoms with Gasteiger partial charge in [-0.1, -0.05) is 29.8 Å². The van der Waals surface area contributed by atoms with Crippen molar-refractivity contribution in [2.45, 2.75) is 52.7 Å². The van der Waals surface area contributed by atoms with E-state index in [-0.39, 0.29) is 30.8 Å². The largest absolute Gasteiger partial charge is 0.463 e. The van der Waals surface area contributed by atoms with E-state index in [0.29, 0.717) is 37.4 Å². The van der Waals surface area contributed by atoms with E-state index in [0.717, 1.165) is 11.1 Å². The van der Waals surface area contributed by atoms with E-state index in [1.807, 2.05) is 56.9 Å². The first-order valence-corrected chi connectivity index (χ1v) is 11.9. The number of amides is 4. The van der Waals surface area contributed by atoms with Crippen molar-refractivity contribution in [2.75, 3.05) is 39.8 Å². The van der Waals surface area contributed by atoms with Gasteiger partial charge < -0.3 is 20.3 Å². The summed E-state index contributed by atoms with van der Waals surface area (Å²) in [6.45, 7) is 12.2. The summed E-state index contributed by atoms with van der Waals surface area (Å²) in [7, 11) is 1.67. The highest BCUT2D eigenvalue weighted by Crippen LogP contribution is 2.32. The summed E-state index contributed by atoms with van der Waals surface area (Å²) in [5.41, 5.74) is 3.00. The number of rotatable bonds is 6. The lowest BCUT2D eigenvalue weighted by atomic mass is 9.93. The fraction of sp³-hybridized carbons (Fsp3) is 0.560. The molecule has 0 unspecified atom stereocenters. The number of urea groups is 2. The van der Waals surface area contributed by atoms with E-state index in [4.69, 9.17) is 4.74 Å². The molecule has 0 aromatic heterocycles. The van der Waals surface area contributed by atoms with Crippen molar-refractivity contribution >= 4 is 18.0 Å². The SMILES string of the molecule is CCOC(=O)C1=C(CN2CCN(C(=O)NC(C)C)[C@H](C)C2)N(C)C(=O)N[C@H]1c1ccc(C)cc1. The highest BCUT2D eigenvalue weighted by atomic mass is 16.5. The molecule has 1 aromatic rings. The van der Waals surface area contributed by atoms with E-state index in [1.54, 1.807) is 14.0 Å². The molecule has 4 amide bonds. The van der Waals surface area contributed by atoms with Gasteiger partial charge in [-0.2, -0.15) is 0 Å². The Bertz CT molecular complexity index is 943. The first kappa shape index (κ1) is 25.6. The number of ether oxygens (including phenoxy) is 1. The van der Waals surface area contributed by atoms with Gasteiger partial charge >= 0.3 is 18.0 Å². The average molecular weight is 472 g/mol. The van der Waals surface area contributed by atoms with E-state index in [1.165, 1.54) is 4.90 Å². The number of nitrogens with zero attached hydrogens (tertiary/aromatic N) is 3. The lowest BCUT2D eigenvalue weighted by Crippen LogP contribution is -2.58. The van der Waals surface area contributed by atoms with Crippen LogP contribution in [0.4, 0.5) is 9.59 Å². The number of nitrogens with one attached hydrogen (secondary N) is 2. The van der Waals surface area contributed by atoms with Crippen LogP contribution >= 0.6 is 0 Å². The Morgan fingerprint density at radius 2 is 1.88 bits per heavy atom. The molecule has 34 heavy (non-hydrogen) atoms. The number of aryl methyl sites for hydroxylation is 1. The summed E-state index contributed by atoms with van der Waals surface area (Å²) in [5, 5.41) is 5.91. The van der Waals surface area contributed by atoms with Gasteiger partial charge in [0.25, 0.3) is 0 Å². The Balaban J connectivity index is 1.89. The molecule has 0 bridgehead atoms. The number of carbonyl (C=O) groups excluding carboxylic acids is 3. The Morgan fingerprint density at radius 1 is 1.21 bits per heavy atom. The van der Waals surface area contributed by atoms with E-state index in [2.05, 4.69) is 15.5 Å². The molecule has 9 heteroatoms. The summed E-state index contributed by atoms with van der Waals surface area (Å²) < 4.78 is 5.41. The summed E-state index contributed by atoms with van der Waals surface area (Å²) in [6.07, 6.45) is 0. The molecule has 3 rings (SSSR count). The van der Waals surface area contributed by atoms with Crippen LogP contribution in [0.15, 0.2) is 35.5 Å². The van der Waals surface area contributed by atoms with Crippen LogP contribution in [0.5, 0.6) is 0 Å². The molecule has 1 aromatic carbocycles. The minimum Gasteiger partial charge on any atom is -0.463 e. The Hall–Kier alpha value is -3.07. The molecule has 2 heterocycles. The first-order chi connectivity index (χ1) is 16.1. The molecule has 186 valence electrons. The van der Waals surface area contributed by atoms with Crippen LogP contribution in [-0.4, -0.2) is 84.6 Å². The fourth-order valence-corrected chi connectivity index (χ4v) is 4.43. The molecule has 1 saturated heterocycles. The molecule has 9 nitrogen and oxygen atoms in total. The lowest BCUT2D eigenvalue weighted by Gasteiger charge is -2.42. The molecule has 0 aliphatic carbocycles. The van der Waals surface area contributed by atoms with Gasteiger partial charge in [0.05, 0.1) is 18.2 Å². The van der Waals surface area contributed by atoms with Gasteiger partial charge in [-0.3, -0.25) is 9.80 Å². The van der Waals surface area contributed by atoms with Crippen LogP contribution in [0.2, 0.25) is 0 Å². The monoisotopic (exact) mass is 471 g/mol. The quantitative estimate of drug-likeness (QED) is 0.622. The number of esters is 1. The van der Waals surface area contributed by atoms with Crippen molar-refractivity contribution in [3.05, 3.63) is 46.7 Å². The van der Waals surface area contributed by atoms with Crippen molar-refractivity contribution in [2.24, 2.45) is 0 Å². The summed E-state index contributed by atoms with van der Waals surface area (Å²) in [5.74, 6) is -0.432. The Labute approximate surface area is 202 Å². The summed E-state index contributed by atoms with van der Waals surface area (Å²) >= 11 is 0. The second-order valence-corrected chi connectivity index (χ2v) is 9.31. The lowest BCUT2D eigenvalue weighted by molar-refractivity contribution is -0.139. The highest BCUT2D eigenvalue weighted by molar-refractivity contribution is 5.95. The van der Waals surface area contributed by atoms with Crippen LogP contribution in [0.1, 0.15) is 44.9 Å². The first-order valence-electron chi connectivity index (χ1n) is 11.9. The number of hydrogen-bond acceptors (Lipinski definition) is 5. The minimum atomic E-state index is -0.589. The summed E-state index contributed by atoms with van der Waals surface area (Å²) in [4.78, 5) is 44.0. The van der Waals surface area contributed by atoms with Gasteiger partial charge in [-0.25, -0.2) is 14.4 Å². The zero-order valence-corrected chi connectivity index (χ0v) is 21.1. The number of benzene rings is 1. The second kappa shape index (κ2) is 10.9. The van der Waals surface area contributed by atoms with Crippen molar-refractivity contribution in [1.82, 2.24) is 25.3 Å². The Morgan fingerprint density at radius 3 is 2.47 bits per heavy atom. The maximum absolute atomic E-state index is 13.1.